The quantitative estimate of drug-likeness (QED) is 0.795. The molecule has 4 rings (SSSR count). The van der Waals surface area contributed by atoms with E-state index in [2.05, 4.69) is 15.4 Å². The molecular formula is C17H19N5OS. The van der Waals surface area contributed by atoms with Crippen LogP contribution in [-0.4, -0.2) is 25.5 Å². The second kappa shape index (κ2) is 5.98. The third-order valence-corrected chi connectivity index (χ3v) is 5.72. The zero-order chi connectivity index (χ0) is 16.7. The molecule has 1 aliphatic rings. The average molecular weight is 341 g/mol. The standard InChI is InChI=1S/C17H19N5OS/c1-10-14(15-18-8-5-9-22(15)21-10)16(23)19-11(2)17-20-12-6-3-4-7-13(12)24-17/h5,8-9,11H,3-4,6-7H2,1-2H3,(H,19,23). The van der Waals surface area contributed by atoms with Gasteiger partial charge in [-0.05, 0) is 45.6 Å². The number of nitrogens with zero attached hydrogens (tertiary/aromatic N) is 4. The van der Waals surface area contributed by atoms with Gasteiger partial charge >= 0.3 is 0 Å². The number of aryl methyl sites for hydroxylation is 3. The van der Waals surface area contributed by atoms with Crippen molar-refractivity contribution in [2.75, 3.05) is 0 Å². The van der Waals surface area contributed by atoms with Gasteiger partial charge in [0.15, 0.2) is 5.65 Å². The van der Waals surface area contributed by atoms with Gasteiger partial charge in [-0.25, -0.2) is 14.5 Å². The Balaban J connectivity index is 1.59. The lowest BCUT2D eigenvalue weighted by atomic mass is 10.0. The number of rotatable bonds is 3. The van der Waals surface area contributed by atoms with Gasteiger partial charge in [0.1, 0.15) is 10.6 Å². The third kappa shape index (κ3) is 2.58. The molecule has 0 fully saturated rings. The maximum atomic E-state index is 12.7. The molecule has 1 N–H and O–H groups in total. The summed E-state index contributed by atoms with van der Waals surface area (Å²) in [6.07, 6.45) is 8.09. The predicted octanol–water partition coefficient (Wildman–Crippen LogP) is 2.86. The SMILES string of the molecule is Cc1nn2cccnc2c1C(=O)NC(C)c1nc2c(s1)CCCC2. The number of carbonyl (C=O) groups is 1. The summed E-state index contributed by atoms with van der Waals surface area (Å²) >= 11 is 1.73. The first-order chi connectivity index (χ1) is 11.6. The average Bonchev–Trinajstić information content (AvgIpc) is 3.14. The smallest absolute Gasteiger partial charge is 0.257 e. The molecule has 0 bridgehead atoms. The van der Waals surface area contributed by atoms with E-state index in [9.17, 15) is 4.79 Å². The number of carbonyl (C=O) groups excluding carboxylic acids is 1. The van der Waals surface area contributed by atoms with Crippen LogP contribution in [0.3, 0.4) is 0 Å². The van der Waals surface area contributed by atoms with Crippen LogP contribution < -0.4 is 5.32 Å². The normalized spacial score (nSPS) is 15.2. The second-order valence-electron chi connectivity index (χ2n) is 6.17. The zero-order valence-corrected chi connectivity index (χ0v) is 14.6. The lowest BCUT2D eigenvalue weighted by Crippen LogP contribution is -2.27. The molecule has 24 heavy (non-hydrogen) atoms. The van der Waals surface area contributed by atoms with E-state index in [4.69, 9.17) is 4.98 Å². The van der Waals surface area contributed by atoms with Gasteiger partial charge in [0.2, 0.25) is 0 Å². The van der Waals surface area contributed by atoms with E-state index in [0.717, 1.165) is 17.8 Å². The third-order valence-electron chi connectivity index (χ3n) is 4.38. The highest BCUT2D eigenvalue weighted by Crippen LogP contribution is 2.30. The van der Waals surface area contributed by atoms with E-state index >= 15 is 0 Å². The van der Waals surface area contributed by atoms with Gasteiger partial charge in [0.05, 0.1) is 17.4 Å². The molecule has 1 unspecified atom stereocenters. The van der Waals surface area contributed by atoms with Crippen LogP contribution in [0.15, 0.2) is 18.5 Å². The first-order valence-corrected chi connectivity index (χ1v) is 9.04. The van der Waals surface area contributed by atoms with Gasteiger partial charge in [-0.15, -0.1) is 11.3 Å². The molecule has 0 aliphatic heterocycles. The summed E-state index contributed by atoms with van der Waals surface area (Å²) in [5, 5.41) is 8.39. The summed E-state index contributed by atoms with van der Waals surface area (Å²) in [5.74, 6) is -0.151. The first-order valence-electron chi connectivity index (χ1n) is 8.23. The fourth-order valence-electron chi connectivity index (χ4n) is 3.15. The Labute approximate surface area is 143 Å². The van der Waals surface area contributed by atoms with Crippen LogP contribution in [0.25, 0.3) is 5.65 Å². The highest BCUT2D eigenvalue weighted by atomic mass is 32.1. The van der Waals surface area contributed by atoms with E-state index in [0.29, 0.717) is 16.9 Å². The van der Waals surface area contributed by atoms with Crippen LogP contribution in [0.1, 0.15) is 57.4 Å². The van der Waals surface area contributed by atoms with Crippen molar-refractivity contribution in [2.45, 2.75) is 45.6 Å². The Morgan fingerprint density at radius 1 is 1.38 bits per heavy atom. The van der Waals surface area contributed by atoms with Crippen molar-refractivity contribution < 1.29 is 4.79 Å². The second-order valence-corrected chi connectivity index (χ2v) is 7.29. The predicted molar refractivity (Wildman–Crippen MR) is 92.4 cm³/mol. The maximum Gasteiger partial charge on any atom is 0.257 e. The van der Waals surface area contributed by atoms with Crippen molar-refractivity contribution in [2.24, 2.45) is 0 Å². The molecular weight excluding hydrogens is 322 g/mol. The molecule has 1 amide bonds. The molecule has 3 aromatic rings. The van der Waals surface area contributed by atoms with E-state index in [-0.39, 0.29) is 11.9 Å². The van der Waals surface area contributed by atoms with Crippen molar-refractivity contribution in [1.29, 1.82) is 0 Å². The molecule has 0 radical (unpaired) electrons. The van der Waals surface area contributed by atoms with Crippen LogP contribution in [0.5, 0.6) is 0 Å². The van der Waals surface area contributed by atoms with E-state index in [1.807, 2.05) is 13.8 Å². The molecule has 0 saturated heterocycles. The number of thiazole rings is 1. The number of amides is 1. The van der Waals surface area contributed by atoms with Crippen molar-refractivity contribution in [3.8, 4) is 0 Å². The van der Waals surface area contributed by atoms with E-state index in [1.54, 1.807) is 34.3 Å². The lowest BCUT2D eigenvalue weighted by Gasteiger charge is -2.10. The van der Waals surface area contributed by atoms with Gasteiger partial charge in [-0.1, -0.05) is 0 Å². The van der Waals surface area contributed by atoms with Gasteiger partial charge in [-0.2, -0.15) is 5.10 Å². The summed E-state index contributed by atoms with van der Waals surface area (Å²) < 4.78 is 1.64. The molecule has 0 spiro atoms. The first kappa shape index (κ1) is 15.3. The van der Waals surface area contributed by atoms with Crippen LogP contribution in [-0.2, 0) is 12.8 Å². The van der Waals surface area contributed by atoms with Gasteiger partial charge in [0.25, 0.3) is 5.91 Å². The molecule has 6 nitrogen and oxygen atoms in total. The Kier molecular flexibility index (Phi) is 3.80. The number of hydrogen-bond donors (Lipinski definition) is 1. The Hall–Kier alpha value is -2.28. The van der Waals surface area contributed by atoms with E-state index in [1.165, 1.54) is 23.4 Å². The largest absolute Gasteiger partial charge is 0.343 e. The highest BCUT2D eigenvalue weighted by molar-refractivity contribution is 7.11. The minimum atomic E-state index is -0.151. The monoisotopic (exact) mass is 341 g/mol. The fourth-order valence-corrected chi connectivity index (χ4v) is 4.31. The lowest BCUT2D eigenvalue weighted by molar-refractivity contribution is 0.0940. The molecule has 0 aromatic carbocycles. The topological polar surface area (TPSA) is 72.2 Å². The molecule has 7 heteroatoms. The Bertz CT molecular complexity index is 889. The number of aromatic nitrogens is 4. The van der Waals surface area contributed by atoms with E-state index < -0.39 is 0 Å². The molecule has 1 aliphatic carbocycles. The van der Waals surface area contributed by atoms with Crippen LogP contribution in [0, 0.1) is 6.92 Å². The minimum Gasteiger partial charge on any atom is -0.343 e. The fraction of sp³-hybridized carbons (Fsp3) is 0.412. The van der Waals surface area contributed by atoms with Crippen LogP contribution in [0.2, 0.25) is 0 Å². The summed E-state index contributed by atoms with van der Waals surface area (Å²) in [6.45, 7) is 3.81. The van der Waals surface area contributed by atoms with Crippen molar-refractivity contribution in [3.05, 3.63) is 45.3 Å². The van der Waals surface area contributed by atoms with Gasteiger partial charge < -0.3 is 5.32 Å². The molecule has 3 heterocycles. The number of hydrogen-bond acceptors (Lipinski definition) is 5. The van der Waals surface area contributed by atoms with Crippen LogP contribution in [0.4, 0.5) is 0 Å². The summed E-state index contributed by atoms with van der Waals surface area (Å²) in [7, 11) is 0. The molecule has 3 aromatic heterocycles. The molecule has 0 saturated carbocycles. The summed E-state index contributed by atoms with van der Waals surface area (Å²) in [5.41, 5.74) is 3.01. The number of nitrogens with one attached hydrogen (secondary N) is 1. The number of fused-ring (bicyclic) bond motifs is 2. The van der Waals surface area contributed by atoms with Crippen molar-refractivity contribution in [1.82, 2.24) is 24.9 Å². The zero-order valence-electron chi connectivity index (χ0n) is 13.7. The minimum absolute atomic E-state index is 0.119. The van der Waals surface area contributed by atoms with Crippen molar-refractivity contribution >= 4 is 22.9 Å². The van der Waals surface area contributed by atoms with Gasteiger partial charge in [0, 0.05) is 17.3 Å². The summed E-state index contributed by atoms with van der Waals surface area (Å²) in [6, 6.07) is 1.68. The van der Waals surface area contributed by atoms with Gasteiger partial charge in [-0.3, -0.25) is 4.79 Å². The van der Waals surface area contributed by atoms with Crippen LogP contribution >= 0.6 is 11.3 Å². The summed E-state index contributed by atoms with van der Waals surface area (Å²) in [4.78, 5) is 23.1. The maximum absolute atomic E-state index is 12.7. The molecule has 1 atom stereocenters. The Morgan fingerprint density at radius 2 is 2.21 bits per heavy atom. The van der Waals surface area contributed by atoms with Crippen molar-refractivity contribution in [3.63, 3.8) is 0 Å². The molecule has 124 valence electrons. The highest BCUT2D eigenvalue weighted by Gasteiger charge is 2.23. The Morgan fingerprint density at radius 3 is 3.04 bits per heavy atom.